The van der Waals surface area contributed by atoms with Crippen LogP contribution in [0.4, 0.5) is 0 Å². The highest BCUT2D eigenvalue weighted by Crippen LogP contribution is 2.22. The van der Waals surface area contributed by atoms with Crippen molar-refractivity contribution in [1.29, 1.82) is 0 Å². The lowest BCUT2D eigenvalue weighted by Crippen LogP contribution is -2.03. The maximum absolute atomic E-state index is 6.12. The third-order valence-corrected chi connectivity index (χ3v) is 3.16. The summed E-state index contributed by atoms with van der Waals surface area (Å²) in [5, 5.41) is 5.51. The van der Waals surface area contributed by atoms with Gasteiger partial charge in [-0.1, -0.05) is 29.3 Å². The fraction of sp³-hybridized carbons (Fsp3) is 0.250. The molecule has 1 aromatic carbocycles. The highest BCUT2D eigenvalue weighted by Gasteiger charge is 2.11. The van der Waals surface area contributed by atoms with Crippen LogP contribution in [0.1, 0.15) is 11.4 Å². The van der Waals surface area contributed by atoms with E-state index in [9.17, 15) is 0 Å². The van der Waals surface area contributed by atoms with Gasteiger partial charge in [0.2, 0.25) is 0 Å². The first-order valence-electron chi connectivity index (χ1n) is 5.14. The predicted octanol–water partition coefficient (Wildman–Crippen LogP) is 3.61. The molecule has 1 heterocycles. The van der Waals surface area contributed by atoms with E-state index in [-0.39, 0.29) is 0 Å². The SMILES string of the molecule is Cc1nn(C)c(COc2cccc(Cl)c2)c1Cl. The average molecular weight is 271 g/mol. The normalized spacial score (nSPS) is 10.6. The van der Waals surface area contributed by atoms with Crippen molar-refractivity contribution in [1.82, 2.24) is 9.78 Å². The Balaban J connectivity index is 2.12. The number of halogens is 2. The lowest BCUT2D eigenvalue weighted by atomic mass is 10.3. The van der Waals surface area contributed by atoms with Crippen LogP contribution in [-0.4, -0.2) is 9.78 Å². The van der Waals surface area contributed by atoms with E-state index >= 15 is 0 Å². The Kier molecular flexibility index (Phi) is 3.60. The van der Waals surface area contributed by atoms with E-state index in [2.05, 4.69) is 5.10 Å². The monoisotopic (exact) mass is 270 g/mol. The van der Waals surface area contributed by atoms with Gasteiger partial charge < -0.3 is 4.74 Å². The van der Waals surface area contributed by atoms with Crippen molar-refractivity contribution in [3.05, 3.63) is 45.7 Å². The Morgan fingerprint density at radius 3 is 2.71 bits per heavy atom. The third kappa shape index (κ3) is 2.73. The summed E-state index contributed by atoms with van der Waals surface area (Å²) in [4.78, 5) is 0. The summed E-state index contributed by atoms with van der Waals surface area (Å²) in [7, 11) is 1.84. The minimum atomic E-state index is 0.372. The smallest absolute Gasteiger partial charge is 0.131 e. The minimum absolute atomic E-state index is 0.372. The number of benzene rings is 1. The van der Waals surface area contributed by atoms with Gasteiger partial charge in [-0.3, -0.25) is 4.68 Å². The second kappa shape index (κ2) is 4.98. The Hall–Kier alpha value is -1.19. The summed E-state index contributed by atoms with van der Waals surface area (Å²) in [6, 6.07) is 7.26. The molecule has 1 aromatic heterocycles. The van der Waals surface area contributed by atoms with Crippen molar-refractivity contribution in [3.8, 4) is 5.75 Å². The Bertz CT molecular complexity index is 537. The number of nitrogens with zero attached hydrogens (tertiary/aromatic N) is 2. The number of aromatic nitrogens is 2. The molecule has 0 aliphatic rings. The summed E-state index contributed by atoms with van der Waals surface area (Å²) in [6.45, 7) is 2.24. The Morgan fingerprint density at radius 1 is 1.35 bits per heavy atom. The highest BCUT2D eigenvalue weighted by molar-refractivity contribution is 6.31. The molecule has 3 nitrogen and oxygen atoms in total. The van der Waals surface area contributed by atoms with Crippen LogP contribution in [0.5, 0.6) is 5.75 Å². The van der Waals surface area contributed by atoms with Crippen molar-refractivity contribution in [2.24, 2.45) is 7.05 Å². The van der Waals surface area contributed by atoms with Crippen molar-refractivity contribution >= 4 is 23.2 Å². The number of aryl methyl sites for hydroxylation is 2. The van der Waals surface area contributed by atoms with Crippen molar-refractivity contribution in [2.45, 2.75) is 13.5 Å². The van der Waals surface area contributed by atoms with E-state index in [4.69, 9.17) is 27.9 Å². The van der Waals surface area contributed by atoms with Crippen LogP contribution in [0.15, 0.2) is 24.3 Å². The molecule has 0 unspecified atom stereocenters. The van der Waals surface area contributed by atoms with Gasteiger partial charge in [-0.2, -0.15) is 5.10 Å². The number of hydrogen-bond donors (Lipinski definition) is 0. The maximum Gasteiger partial charge on any atom is 0.131 e. The van der Waals surface area contributed by atoms with E-state index in [0.29, 0.717) is 22.4 Å². The van der Waals surface area contributed by atoms with Crippen LogP contribution in [-0.2, 0) is 13.7 Å². The minimum Gasteiger partial charge on any atom is -0.487 e. The Morgan fingerprint density at radius 2 is 2.12 bits per heavy atom. The zero-order valence-corrected chi connectivity index (χ0v) is 11.1. The van der Waals surface area contributed by atoms with Crippen LogP contribution >= 0.6 is 23.2 Å². The van der Waals surface area contributed by atoms with Crippen LogP contribution < -0.4 is 4.74 Å². The van der Waals surface area contributed by atoms with Crippen LogP contribution in [0.25, 0.3) is 0 Å². The van der Waals surface area contributed by atoms with E-state index < -0.39 is 0 Å². The lowest BCUT2D eigenvalue weighted by molar-refractivity contribution is 0.295. The molecule has 0 radical (unpaired) electrons. The molecule has 0 fully saturated rings. The fourth-order valence-corrected chi connectivity index (χ4v) is 1.94. The lowest BCUT2D eigenvalue weighted by Gasteiger charge is -2.07. The van der Waals surface area contributed by atoms with Gasteiger partial charge in [0, 0.05) is 12.1 Å². The predicted molar refractivity (Wildman–Crippen MR) is 68.7 cm³/mol. The second-order valence-corrected chi connectivity index (χ2v) is 4.53. The van der Waals surface area contributed by atoms with Gasteiger partial charge in [0.25, 0.3) is 0 Å². The molecular weight excluding hydrogens is 259 g/mol. The molecule has 0 bridgehead atoms. The highest BCUT2D eigenvalue weighted by atomic mass is 35.5. The molecule has 5 heteroatoms. The van der Waals surface area contributed by atoms with Gasteiger partial charge in [-0.05, 0) is 25.1 Å². The van der Waals surface area contributed by atoms with Gasteiger partial charge in [-0.15, -0.1) is 0 Å². The molecule has 17 heavy (non-hydrogen) atoms. The zero-order chi connectivity index (χ0) is 12.4. The van der Waals surface area contributed by atoms with Gasteiger partial charge in [0.05, 0.1) is 16.4 Å². The van der Waals surface area contributed by atoms with E-state index in [1.807, 2.05) is 26.1 Å². The fourth-order valence-electron chi connectivity index (χ4n) is 1.55. The molecule has 0 spiro atoms. The number of rotatable bonds is 3. The van der Waals surface area contributed by atoms with Gasteiger partial charge >= 0.3 is 0 Å². The molecule has 0 amide bonds. The first-order chi connectivity index (χ1) is 8.08. The largest absolute Gasteiger partial charge is 0.487 e. The molecule has 2 aromatic rings. The molecule has 90 valence electrons. The van der Waals surface area contributed by atoms with Crippen LogP contribution in [0.3, 0.4) is 0 Å². The number of ether oxygens (including phenoxy) is 1. The average Bonchev–Trinajstić information content (AvgIpc) is 2.51. The van der Waals surface area contributed by atoms with Crippen molar-refractivity contribution < 1.29 is 4.74 Å². The zero-order valence-electron chi connectivity index (χ0n) is 9.58. The molecule has 0 aliphatic carbocycles. The van der Waals surface area contributed by atoms with Crippen molar-refractivity contribution in [2.75, 3.05) is 0 Å². The summed E-state index contributed by atoms with van der Waals surface area (Å²) in [6.07, 6.45) is 0. The van der Waals surface area contributed by atoms with Gasteiger partial charge in [0.15, 0.2) is 0 Å². The summed E-state index contributed by atoms with van der Waals surface area (Å²) < 4.78 is 7.34. The van der Waals surface area contributed by atoms with Gasteiger partial charge in [0.1, 0.15) is 12.4 Å². The third-order valence-electron chi connectivity index (χ3n) is 2.43. The molecular formula is C12H12Cl2N2O. The maximum atomic E-state index is 6.12. The van der Waals surface area contributed by atoms with Crippen molar-refractivity contribution in [3.63, 3.8) is 0 Å². The summed E-state index contributed by atoms with van der Waals surface area (Å²) in [5.41, 5.74) is 1.66. The van der Waals surface area contributed by atoms with E-state index in [0.717, 1.165) is 11.4 Å². The molecule has 2 rings (SSSR count). The quantitative estimate of drug-likeness (QED) is 0.852. The standard InChI is InChI=1S/C12H12Cl2N2O/c1-8-12(14)11(16(2)15-8)7-17-10-5-3-4-9(13)6-10/h3-6H,7H2,1-2H3. The van der Waals surface area contributed by atoms with Gasteiger partial charge in [-0.25, -0.2) is 0 Å². The topological polar surface area (TPSA) is 27.1 Å². The van der Waals surface area contributed by atoms with Crippen LogP contribution in [0, 0.1) is 6.92 Å². The Labute approximate surface area is 110 Å². The molecule has 0 N–H and O–H groups in total. The molecule has 0 atom stereocenters. The van der Waals surface area contributed by atoms with E-state index in [1.54, 1.807) is 16.8 Å². The van der Waals surface area contributed by atoms with E-state index in [1.165, 1.54) is 0 Å². The number of hydrogen-bond acceptors (Lipinski definition) is 2. The first kappa shape index (κ1) is 12.3. The molecule has 0 aliphatic heterocycles. The summed E-state index contributed by atoms with van der Waals surface area (Å²) >= 11 is 12.0. The first-order valence-corrected chi connectivity index (χ1v) is 5.90. The molecule has 0 saturated carbocycles. The summed E-state index contributed by atoms with van der Waals surface area (Å²) in [5.74, 6) is 0.715. The van der Waals surface area contributed by atoms with Crippen LogP contribution in [0.2, 0.25) is 10.0 Å². The second-order valence-electron chi connectivity index (χ2n) is 3.72. The molecule has 0 saturated heterocycles.